The average Bonchev–Trinajstić information content (AvgIpc) is 2.38. The maximum absolute atomic E-state index is 11.1. The number of alkyl halides is 1. The summed E-state index contributed by atoms with van der Waals surface area (Å²) in [6.45, 7) is 0. The van der Waals surface area contributed by atoms with Crippen molar-refractivity contribution >= 4 is 21.9 Å². The maximum Gasteiger partial charge on any atom is 0.336 e. The molecule has 2 aromatic rings. The van der Waals surface area contributed by atoms with Gasteiger partial charge in [-0.25, -0.2) is 4.79 Å². The summed E-state index contributed by atoms with van der Waals surface area (Å²) in [4.78, 5) is 11.1. The summed E-state index contributed by atoms with van der Waals surface area (Å²) in [6, 6.07) is 15.1. The van der Waals surface area contributed by atoms with Crippen LogP contribution in [0, 0.1) is 0 Å². The quantitative estimate of drug-likeness (QED) is 0.869. The van der Waals surface area contributed by atoms with E-state index in [1.54, 1.807) is 12.1 Å². The molecular formula is C14H11BrO2. The maximum atomic E-state index is 11.1. The van der Waals surface area contributed by atoms with E-state index in [1.807, 2.05) is 36.4 Å². The molecule has 2 rings (SSSR count). The van der Waals surface area contributed by atoms with Crippen LogP contribution in [-0.2, 0) is 5.33 Å². The molecule has 0 aliphatic rings. The number of halogens is 1. The van der Waals surface area contributed by atoms with Gasteiger partial charge in [0.25, 0.3) is 0 Å². The minimum absolute atomic E-state index is 0.350. The summed E-state index contributed by atoms with van der Waals surface area (Å²) >= 11 is 3.36. The molecule has 1 N–H and O–H groups in total. The topological polar surface area (TPSA) is 37.3 Å². The Labute approximate surface area is 108 Å². The molecule has 0 fully saturated rings. The fraction of sp³-hybridized carbons (Fsp3) is 0.0714. The van der Waals surface area contributed by atoms with Crippen molar-refractivity contribution in [3.8, 4) is 11.1 Å². The molecule has 0 atom stereocenters. The van der Waals surface area contributed by atoms with Crippen molar-refractivity contribution in [2.75, 3.05) is 0 Å². The summed E-state index contributed by atoms with van der Waals surface area (Å²) in [5, 5.41) is 9.67. The van der Waals surface area contributed by atoms with E-state index in [-0.39, 0.29) is 0 Å². The van der Waals surface area contributed by atoms with Gasteiger partial charge >= 0.3 is 5.97 Å². The molecule has 0 heterocycles. The highest BCUT2D eigenvalue weighted by Crippen LogP contribution is 2.28. The van der Waals surface area contributed by atoms with Gasteiger partial charge in [0, 0.05) is 5.33 Å². The Balaban J connectivity index is 2.63. The summed E-state index contributed by atoms with van der Waals surface area (Å²) in [7, 11) is 0. The van der Waals surface area contributed by atoms with Crippen molar-refractivity contribution in [2.24, 2.45) is 0 Å². The Morgan fingerprint density at radius 3 is 2.35 bits per heavy atom. The predicted molar refractivity (Wildman–Crippen MR) is 71.5 cm³/mol. The Morgan fingerprint density at radius 1 is 1.06 bits per heavy atom. The van der Waals surface area contributed by atoms with Crippen LogP contribution in [0.15, 0.2) is 48.5 Å². The molecule has 2 aromatic carbocycles. The normalized spacial score (nSPS) is 10.2. The Kier molecular flexibility index (Phi) is 3.59. The molecule has 0 saturated heterocycles. The number of rotatable bonds is 3. The van der Waals surface area contributed by atoms with Gasteiger partial charge in [-0.1, -0.05) is 58.4 Å². The molecule has 0 unspecified atom stereocenters. The lowest BCUT2D eigenvalue weighted by atomic mass is 9.96. The van der Waals surface area contributed by atoms with E-state index in [2.05, 4.69) is 15.9 Å². The third-order valence-corrected chi connectivity index (χ3v) is 3.19. The van der Waals surface area contributed by atoms with Gasteiger partial charge in [0.1, 0.15) is 0 Å². The zero-order valence-electron chi connectivity index (χ0n) is 9.06. The van der Waals surface area contributed by atoms with Crippen molar-refractivity contribution in [3.63, 3.8) is 0 Å². The first-order valence-electron chi connectivity index (χ1n) is 5.20. The molecule has 0 aliphatic carbocycles. The molecule has 3 heteroatoms. The van der Waals surface area contributed by atoms with E-state index in [4.69, 9.17) is 5.11 Å². The van der Waals surface area contributed by atoms with Crippen LogP contribution in [0.1, 0.15) is 15.9 Å². The van der Waals surface area contributed by atoms with Gasteiger partial charge in [0.2, 0.25) is 0 Å². The minimum atomic E-state index is -0.891. The van der Waals surface area contributed by atoms with Gasteiger partial charge in [-0.2, -0.15) is 0 Å². The van der Waals surface area contributed by atoms with Crippen LogP contribution in [0.2, 0.25) is 0 Å². The SMILES string of the molecule is O=C(O)c1cccc(-c2ccccc2)c1CBr. The largest absolute Gasteiger partial charge is 0.478 e. The van der Waals surface area contributed by atoms with Gasteiger partial charge in [0.15, 0.2) is 0 Å². The van der Waals surface area contributed by atoms with E-state index in [0.717, 1.165) is 16.7 Å². The van der Waals surface area contributed by atoms with Crippen LogP contribution in [0.3, 0.4) is 0 Å². The highest BCUT2D eigenvalue weighted by atomic mass is 79.9. The van der Waals surface area contributed by atoms with Crippen LogP contribution < -0.4 is 0 Å². The van der Waals surface area contributed by atoms with Gasteiger partial charge in [-0.3, -0.25) is 0 Å². The smallest absolute Gasteiger partial charge is 0.336 e. The van der Waals surface area contributed by atoms with Crippen LogP contribution in [0.4, 0.5) is 0 Å². The molecule has 86 valence electrons. The van der Waals surface area contributed by atoms with Crippen LogP contribution in [0.25, 0.3) is 11.1 Å². The zero-order valence-corrected chi connectivity index (χ0v) is 10.6. The van der Waals surface area contributed by atoms with E-state index in [1.165, 1.54) is 0 Å². The number of aromatic carboxylic acids is 1. The monoisotopic (exact) mass is 290 g/mol. The van der Waals surface area contributed by atoms with Gasteiger partial charge in [-0.05, 0) is 22.8 Å². The standard InChI is InChI=1S/C14H11BrO2/c15-9-13-11(10-5-2-1-3-6-10)7-4-8-12(13)14(16)17/h1-8H,9H2,(H,16,17). The number of carboxylic acids is 1. The first kappa shape index (κ1) is 11.9. The molecular weight excluding hydrogens is 280 g/mol. The second kappa shape index (κ2) is 5.15. The van der Waals surface area contributed by atoms with E-state index >= 15 is 0 Å². The van der Waals surface area contributed by atoms with Crippen LogP contribution in [0.5, 0.6) is 0 Å². The van der Waals surface area contributed by atoms with E-state index in [0.29, 0.717) is 10.9 Å². The average molecular weight is 291 g/mol. The van der Waals surface area contributed by atoms with E-state index < -0.39 is 5.97 Å². The molecule has 17 heavy (non-hydrogen) atoms. The third kappa shape index (κ3) is 2.39. The number of carbonyl (C=O) groups is 1. The fourth-order valence-corrected chi connectivity index (χ4v) is 2.42. The lowest BCUT2D eigenvalue weighted by Gasteiger charge is -2.10. The van der Waals surface area contributed by atoms with Crippen molar-refractivity contribution in [1.82, 2.24) is 0 Å². The van der Waals surface area contributed by atoms with Crippen molar-refractivity contribution in [1.29, 1.82) is 0 Å². The molecule has 0 radical (unpaired) electrons. The highest BCUT2D eigenvalue weighted by Gasteiger charge is 2.13. The molecule has 0 spiro atoms. The Hall–Kier alpha value is -1.61. The lowest BCUT2D eigenvalue weighted by Crippen LogP contribution is -2.02. The zero-order chi connectivity index (χ0) is 12.3. The molecule has 0 aliphatic heterocycles. The summed E-state index contributed by atoms with van der Waals surface area (Å²) < 4.78 is 0. The van der Waals surface area contributed by atoms with Crippen molar-refractivity contribution in [2.45, 2.75) is 5.33 Å². The van der Waals surface area contributed by atoms with Crippen molar-refractivity contribution in [3.05, 3.63) is 59.7 Å². The summed E-state index contributed by atoms with van der Waals surface area (Å²) in [5.41, 5.74) is 3.15. The first-order chi connectivity index (χ1) is 8.24. The molecule has 0 saturated carbocycles. The second-order valence-corrected chi connectivity index (χ2v) is 4.20. The predicted octanol–water partition coefficient (Wildman–Crippen LogP) is 3.95. The third-order valence-electron chi connectivity index (χ3n) is 2.62. The van der Waals surface area contributed by atoms with Crippen LogP contribution >= 0.6 is 15.9 Å². The first-order valence-corrected chi connectivity index (χ1v) is 6.32. The minimum Gasteiger partial charge on any atom is -0.478 e. The van der Waals surface area contributed by atoms with E-state index in [9.17, 15) is 4.79 Å². The Bertz CT molecular complexity index is 535. The van der Waals surface area contributed by atoms with Crippen LogP contribution in [-0.4, -0.2) is 11.1 Å². The Morgan fingerprint density at radius 2 is 1.76 bits per heavy atom. The number of carboxylic acid groups (broad SMARTS) is 1. The highest BCUT2D eigenvalue weighted by molar-refractivity contribution is 9.08. The molecule has 0 amide bonds. The fourth-order valence-electron chi connectivity index (χ4n) is 1.82. The number of hydrogen-bond donors (Lipinski definition) is 1. The molecule has 0 bridgehead atoms. The van der Waals surface area contributed by atoms with Gasteiger partial charge < -0.3 is 5.11 Å². The van der Waals surface area contributed by atoms with Gasteiger partial charge in [-0.15, -0.1) is 0 Å². The van der Waals surface area contributed by atoms with Gasteiger partial charge in [0.05, 0.1) is 5.56 Å². The molecule has 2 nitrogen and oxygen atoms in total. The molecule has 0 aromatic heterocycles. The summed E-state index contributed by atoms with van der Waals surface area (Å²) in [6.07, 6.45) is 0. The number of hydrogen-bond acceptors (Lipinski definition) is 1. The summed E-state index contributed by atoms with van der Waals surface area (Å²) in [5.74, 6) is -0.891. The number of benzene rings is 2. The van der Waals surface area contributed by atoms with Crippen molar-refractivity contribution < 1.29 is 9.90 Å². The lowest BCUT2D eigenvalue weighted by molar-refractivity contribution is 0.0696. The second-order valence-electron chi connectivity index (χ2n) is 3.64.